The SMILES string of the molecule is O=C(NCc1ccccn1)c1ccnc(C(=O)NCCC2=CCCCC2)c1. The molecule has 2 N–H and O–H groups in total. The summed E-state index contributed by atoms with van der Waals surface area (Å²) in [6.07, 6.45) is 11.1. The predicted octanol–water partition coefficient (Wildman–Crippen LogP) is 3.03. The Morgan fingerprint density at radius 2 is 1.93 bits per heavy atom. The van der Waals surface area contributed by atoms with E-state index in [9.17, 15) is 9.59 Å². The second-order valence-corrected chi connectivity index (χ2v) is 6.55. The molecule has 2 aromatic rings. The second kappa shape index (κ2) is 9.62. The maximum absolute atomic E-state index is 12.3. The van der Waals surface area contributed by atoms with Crippen molar-refractivity contribution in [2.24, 2.45) is 0 Å². The number of aromatic nitrogens is 2. The molecular weight excluding hydrogens is 340 g/mol. The minimum absolute atomic E-state index is 0.248. The summed E-state index contributed by atoms with van der Waals surface area (Å²) in [5.41, 5.74) is 2.84. The average Bonchev–Trinajstić information content (AvgIpc) is 2.73. The maximum atomic E-state index is 12.3. The Kier molecular flexibility index (Phi) is 6.68. The van der Waals surface area contributed by atoms with Gasteiger partial charge in [0, 0.05) is 24.5 Å². The van der Waals surface area contributed by atoms with Crippen molar-refractivity contribution in [3.63, 3.8) is 0 Å². The Bertz CT molecular complexity index is 818. The first-order valence-corrected chi connectivity index (χ1v) is 9.32. The number of carbonyl (C=O) groups excluding carboxylic acids is 2. The van der Waals surface area contributed by atoms with Crippen LogP contribution in [-0.2, 0) is 6.54 Å². The number of amides is 2. The third-order valence-electron chi connectivity index (χ3n) is 4.53. The molecule has 0 atom stereocenters. The molecule has 0 radical (unpaired) electrons. The summed E-state index contributed by atoms with van der Waals surface area (Å²) in [7, 11) is 0. The van der Waals surface area contributed by atoms with Gasteiger partial charge in [0.25, 0.3) is 11.8 Å². The lowest BCUT2D eigenvalue weighted by Gasteiger charge is -2.13. The molecule has 0 aromatic carbocycles. The van der Waals surface area contributed by atoms with Crippen molar-refractivity contribution in [1.82, 2.24) is 20.6 Å². The van der Waals surface area contributed by atoms with Gasteiger partial charge in [-0.15, -0.1) is 0 Å². The maximum Gasteiger partial charge on any atom is 0.269 e. The van der Waals surface area contributed by atoms with Crippen LogP contribution in [0.4, 0.5) is 0 Å². The van der Waals surface area contributed by atoms with E-state index >= 15 is 0 Å². The van der Waals surface area contributed by atoms with Gasteiger partial charge in [-0.05, 0) is 56.4 Å². The summed E-state index contributed by atoms with van der Waals surface area (Å²) in [6.45, 7) is 0.918. The lowest BCUT2D eigenvalue weighted by Crippen LogP contribution is -2.27. The number of nitrogens with zero attached hydrogens (tertiary/aromatic N) is 2. The molecule has 3 rings (SSSR count). The largest absolute Gasteiger partial charge is 0.350 e. The first-order valence-electron chi connectivity index (χ1n) is 9.32. The number of rotatable bonds is 7. The highest BCUT2D eigenvalue weighted by Gasteiger charge is 2.12. The van der Waals surface area contributed by atoms with Crippen LogP contribution >= 0.6 is 0 Å². The van der Waals surface area contributed by atoms with E-state index in [0.29, 0.717) is 18.7 Å². The molecule has 2 heterocycles. The molecule has 0 bridgehead atoms. The van der Waals surface area contributed by atoms with Gasteiger partial charge in [0.05, 0.1) is 12.2 Å². The van der Waals surface area contributed by atoms with Gasteiger partial charge in [-0.1, -0.05) is 17.7 Å². The van der Waals surface area contributed by atoms with Crippen LogP contribution in [0.5, 0.6) is 0 Å². The highest BCUT2D eigenvalue weighted by atomic mass is 16.2. The third-order valence-corrected chi connectivity index (χ3v) is 4.53. The van der Waals surface area contributed by atoms with Crippen LogP contribution in [0.15, 0.2) is 54.4 Å². The molecule has 1 aliphatic rings. The van der Waals surface area contributed by atoms with Crippen molar-refractivity contribution in [1.29, 1.82) is 0 Å². The molecule has 0 unspecified atom stereocenters. The third kappa shape index (κ3) is 5.74. The van der Waals surface area contributed by atoms with Gasteiger partial charge < -0.3 is 10.6 Å². The van der Waals surface area contributed by atoms with Gasteiger partial charge in [-0.2, -0.15) is 0 Å². The van der Waals surface area contributed by atoms with Crippen molar-refractivity contribution in [2.75, 3.05) is 6.54 Å². The van der Waals surface area contributed by atoms with E-state index in [0.717, 1.165) is 25.0 Å². The fourth-order valence-corrected chi connectivity index (χ4v) is 3.03. The molecule has 2 aromatic heterocycles. The van der Waals surface area contributed by atoms with Gasteiger partial charge in [0.15, 0.2) is 0 Å². The van der Waals surface area contributed by atoms with Crippen molar-refractivity contribution in [3.05, 3.63) is 71.3 Å². The Morgan fingerprint density at radius 1 is 1.00 bits per heavy atom. The van der Waals surface area contributed by atoms with Crippen LogP contribution in [0, 0.1) is 0 Å². The first-order chi connectivity index (χ1) is 13.2. The summed E-state index contributed by atoms with van der Waals surface area (Å²) in [4.78, 5) is 32.9. The van der Waals surface area contributed by atoms with E-state index in [4.69, 9.17) is 0 Å². The molecule has 6 nitrogen and oxygen atoms in total. The van der Waals surface area contributed by atoms with Crippen molar-refractivity contribution in [2.45, 2.75) is 38.6 Å². The molecule has 0 saturated carbocycles. The van der Waals surface area contributed by atoms with Crippen molar-refractivity contribution in [3.8, 4) is 0 Å². The number of carbonyl (C=O) groups is 2. The molecule has 27 heavy (non-hydrogen) atoms. The molecule has 0 fully saturated rings. The second-order valence-electron chi connectivity index (χ2n) is 6.55. The fraction of sp³-hybridized carbons (Fsp3) is 0.333. The van der Waals surface area contributed by atoms with E-state index in [2.05, 4.69) is 26.7 Å². The average molecular weight is 364 g/mol. The monoisotopic (exact) mass is 364 g/mol. The molecule has 0 saturated heterocycles. The molecule has 2 amide bonds. The van der Waals surface area contributed by atoms with Crippen LogP contribution in [0.3, 0.4) is 0 Å². The van der Waals surface area contributed by atoms with Gasteiger partial charge in [-0.3, -0.25) is 19.6 Å². The molecule has 0 spiro atoms. The highest BCUT2D eigenvalue weighted by Crippen LogP contribution is 2.19. The fourth-order valence-electron chi connectivity index (χ4n) is 3.03. The highest BCUT2D eigenvalue weighted by molar-refractivity contribution is 5.98. The smallest absolute Gasteiger partial charge is 0.269 e. The normalized spacial score (nSPS) is 13.6. The van der Waals surface area contributed by atoms with Gasteiger partial charge in [-0.25, -0.2) is 0 Å². The Morgan fingerprint density at radius 3 is 2.70 bits per heavy atom. The van der Waals surface area contributed by atoms with Crippen LogP contribution in [-0.4, -0.2) is 28.3 Å². The molecule has 0 aliphatic heterocycles. The first kappa shape index (κ1) is 18.8. The minimum atomic E-state index is -0.260. The summed E-state index contributed by atoms with van der Waals surface area (Å²) in [6, 6.07) is 8.64. The van der Waals surface area contributed by atoms with E-state index < -0.39 is 0 Å². The zero-order valence-electron chi connectivity index (χ0n) is 15.3. The number of hydrogen-bond acceptors (Lipinski definition) is 4. The Labute approximate surface area is 159 Å². The topological polar surface area (TPSA) is 84.0 Å². The number of hydrogen-bond donors (Lipinski definition) is 2. The predicted molar refractivity (Wildman–Crippen MR) is 103 cm³/mol. The lowest BCUT2D eigenvalue weighted by molar-refractivity contribution is 0.0949. The van der Waals surface area contributed by atoms with Crippen LogP contribution < -0.4 is 10.6 Å². The van der Waals surface area contributed by atoms with Gasteiger partial charge >= 0.3 is 0 Å². The van der Waals surface area contributed by atoms with E-state index in [1.807, 2.05) is 18.2 Å². The number of nitrogens with one attached hydrogen (secondary N) is 2. The molecule has 140 valence electrons. The zero-order chi connectivity index (χ0) is 18.9. The quantitative estimate of drug-likeness (QED) is 0.740. The Balaban J connectivity index is 1.51. The zero-order valence-corrected chi connectivity index (χ0v) is 15.3. The summed E-state index contributed by atoms with van der Waals surface area (Å²) in [5, 5.41) is 5.69. The van der Waals surface area contributed by atoms with Crippen LogP contribution in [0.25, 0.3) is 0 Å². The van der Waals surface area contributed by atoms with Crippen LogP contribution in [0.1, 0.15) is 58.6 Å². The molecule has 1 aliphatic carbocycles. The van der Waals surface area contributed by atoms with Crippen molar-refractivity contribution < 1.29 is 9.59 Å². The molecule has 6 heteroatoms. The minimum Gasteiger partial charge on any atom is -0.350 e. The van der Waals surface area contributed by atoms with Crippen molar-refractivity contribution >= 4 is 11.8 Å². The number of pyridine rings is 2. The standard InChI is InChI=1S/C21H24N4O2/c26-20(25-15-18-8-4-5-11-22-18)17-10-13-23-19(14-17)21(27)24-12-9-16-6-2-1-3-7-16/h4-6,8,10-11,13-14H,1-3,7,9,12,15H2,(H,24,27)(H,25,26). The van der Waals surface area contributed by atoms with E-state index in [1.54, 1.807) is 12.3 Å². The summed E-state index contributed by atoms with van der Waals surface area (Å²) >= 11 is 0. The van der Waals surface area contributed by atoms with E-state index in [-0.39, 0.29) is 17.5 Å². The Hall–Kier alpha value is -3.02. The van der Waals surface area contributed by atoms with Crippen LogP contribution in [0.2, 0.25) is 0 Å². The van der Waals surface area contributed by atoms with Gasteiger partial charge in [0.1, 0.15) is 5.69 Å². The van der Waals surface area contributed by atoms with Gasteiger partial charge in [0.2, 0.25) is 0 Å². The summed E-state index contributed by atoms with van der Waals surface area (Å²) < 4.78 is 0. The number of allylic oxidation sites excluding steroid dienone is 1. The summed E-state index contributed by atoms with van der Waals surface area (Å²) in [5.74, 6) is -0.518. The molecular formula is C21H24N4O2. The van der Waals surface area contributed by atoms with E-state index in [1.165, 1.54) is 30.7 Å². The lowest BCUT2D eigenvalue weighted by atomic mass is 9.97.